The van der Waals surface area contributed by atoms with Gasteiger partial charge in [0.05, 0.1) is 19.5 Å². The third-order valence-corrected chi connectivity index (χ3v) is 5.36. The Hall–Kier alpha value is -2.00. The van der Waals surface area contributed by atoms with E-state index in [1.807, 2.05) is 32.0 Å². The first kappa shape index (κ1) is 19.3. The van der Waals surface area contributed by atoms with Gasteiger partial charge in [0.1, 0.15) is 0 Å². The zero-order chi connectivity index (χ0) is 18.2. The molecule has 1 amide bonds. The molecule has 2 rings (SSSR count). The van der Waals surface area contributed by atoms with E-state index in [9.17, 15) is 4.79 Å². The maximum atomic E-state index is 12.3. The monoisotopic (exact) mass is 382 g/mol. The van der Waals surface area contributed by atoms with E-state index in [-0.39, 0.29) is 11.2 Å². The van der Waals surface area contributed by atoms with Crippen LogP contribution in [0.25, 0.3) is 0 Å². The lowest BCUT2D eigenvalue weighted by Gasteiger charge is -2.12. The van der Waals surface area contributed by atoms with Crippen LogP contribution in [0.5, 0.6) is 11.5 Å². The third kappa shape index (κ3) is 5.50. The van der Waals surface area contributed by atoms with Crippen molar-refractivity contribution in [1.82, 2.24) is 15.5 Å². The van der Waals surface area contributed by atoms with Crippen molar-refractivity contribution >= 4 is 34.1 Å². The standard InChI is InChI=1S/C16H22N4O3S2/c1-5-17-15-19-20-16(25-15)24-10(2)14(21)18-9-11-6-7-12(22-3)13(8-11)23-4/h6-8,10H,5,9H2,1-4H3,(H,17,19)(H,18,21)/t10-/m1/s1. The summed E-state index contributed by atoms with van der Waals surface area (Å²) in [4.78, 5) is 12.3. The normalized spacial score (nSPS) is 11.7. The van der Waals surface area contributed by atoms with E-state index in [0.717, 1.165) is 21.6 Å². The zero-order valence-electron chi connectivity index (χ0n) is 14.7. The summed E-state index contributed by atoms with van der Waals surface area (Å²) in [5.41, 5.74) is 0.938. The van der Waals surface area contributed by atoms with Crippen LogP contribution in [0.15, 0.2) is 22.5 Å². The van der Waals surface area contributed by atoms with Crippen LogP contribution in [-0.4, -0.2) is 42.1 Å². The minimum atomic E-state index is -0.262. The second-order valence-electron chi connectivity index (χ2n) is 5.07. The van der Waals surface area contributed by atoms with E-state index in [4.69, 9.17) is 9.47 Å². The molecule has 1 atom stereocenters. The summed E-state index contributed by atoms with van der Waals surface area (Å²) < 4.78 is 11.2. The summed E-state index contributed by atoms with van der Waals surface area (Å²) in [6.07, 6.45) is 0. The minimum Gasteiger partial charge on any atom is -0.493 e. The van der Waals surface area contributed by atoms with Crippen LogP contribution in [0.3, 0.4) is 0 Å². The number of thioether (sulfide) groups is 1. The molecule has 0 saturated carbocycles. The number of nitrogens with zero attached hydrogens (tertiary/aromatic N) is 2. The van der Waals surface area contributed by atoms with E-state index < -0.39 is 0 Å². The number of rotatable bonds is 9. The van der Waals surface area contributed by atoms with Crippen LogP contribution >= 0.6 is 23.1 Å². The maximum absolute atomic E-state index is 12.3. The molecular formula is C16H22N4O3S2. The molecule has 1 aromatic heterocycles. The SMILES string of the molecule is CCNc1nnc(S[C@H](C)C(=O)NCc2ccc(OC)c(OC)c2)s1. The first-order chi connectivity index (χ1) is 12.1. The molecule has 136 valence electrons. The number of carbonyl (C=O) groups is 1. The molecular weight excluding hydrogens is 360 g/mol. The number of hydrogen-bond acceptors (Lipinski definition) is 8. The fourth-order valence-corrected chi connectivity index (χ4v) is 4.00. The van der Waals surface area contributed by atoms with Gasteiger partial charge in [0.2, 0.25) is 11.0 Å². The molecule has 0 unspecified atom stereocenters. The topological polar surface area (TPSA) is 85.4 Å². The highest BCUT2D eigenvalue weighted by Gasteiger charge is 2.17. The summed E-state index contributed by atoms with van der Waals surface area (Å²) in [6, 6.07) is 5.57. The Morgan fingerprint density at radius 2 is 2.04 bits per heavy atom. The lowest BCUT2D eigenvalue weighted by Crippen LogP contribution is -2.30. The van der Waals surface area contributed by atoms with Gasteiger partial charge in [-0.2, -0.15) is 0 Å². The summed E-state index contributed by atoms with van der Waals surface area (Å²) in [6.45, 7) is 5.06. The average molecular weight is 383 g/mol. The summed E-state index contributed by atoms with van der Waals surface area (Å²) >= 11 is 2.84. The molecule has 1 heterocycles. The van der Waals surface area contributed by atoms with Crippen LogP contribution < -0.4 is 20.1 Å². The summed E-state index contributed by atoms with van der Waals surface area (Å²) in [7, 11) is 3.18. The van der Waals surface area contributed by atoms with Gasteiger partial charge < -0.3 is 20.1 Å². The van der Waals surface area contributed by atoms with Crippen molar-refractivity contribution < 1.29 is 14.3 Å². The highest BCUT2D eigenvalue weighted by molar-refractivity contribution is 8.02. The maximum Gasteiger partial charge on any atom is 0.233 e. The Kier molecular flexibility index (Phi) is 7.32. The third-order valence-electron chi connectivity index (χ3n) is 3.30. The second-order valence-corrected chi connectivity index (χ2v) is 7.64. The quantitative estimate of drug-likeness (QED) is 0.645. The Labute approximate surface area is 155 Å². The Morgan fingerprint density at radius 3 is 2.72 bits per heavy atom. The predicted octanol–water partition coefficient (Wildman–Crippen LogP) is 2.78. The van der Waals surface area contributed by atoms with Gasteiger partial charge in [-0.25, -0.2) is 0 Å². The molecule has 0 aliphatic rings. The highest BCUT2D eigenvalue weighted by Crippen LogP contribution is 2.29. The summed E-state index contributed by atoms with van der Waals surface area (Å²) in [5.74, 6) is 1.25. The van der Waals surface area contributed by atoms with Gasteiger partial charge in [0.25, 0.3) is 0 Å². The van der Waals surface area contributed by atoms with Gasteiger partial charge in [-0.05, 0) is 31.5 Å². The van der Waals surface area contributed by atoms with E-state index in [0.29, 0.717) is 18.0 Å². The van der Waals surface area contributed by atoms with Gasteiger partial charge >= 0.3 is 0 Å². The molecule has 0 fully saturated rings. The fourth-order valence-electron chi connectivity index (χ4n) is 2.01. The molecule has 2 aromatic rings. The lowest BCUT2D eigenvalue weighted by atomic mass is 10.2. The molecule has 9 heteroatoms. The molecule has 1 aromatic carbocycles. The number of anilines is 1. The van der Waals surface area contributed by atoms with Gasteiger partial charge in [-0.15, -0.1) is 10.2 Å². The number of ether oxygens (including phenoxy) is 2. The molecule has 0 bridgehead atoms. The van der Waals surface area contributed by atoms with Gasteiger partial charge in [-0.1, -0.05) is 29.2 Å². The van der Waals surface area contributed by atoms with Crippen LogP contribution in [0.1, 0.15) is 19.4 Å². The van der Waals surface area contributed by atoms with Crippen molar-refractivity contribution in [3.05, 3.63) is 23.8 Å². The van der Waals surface area contributed by atoms with E-state index in [2.05, 4.69) is 20.8 Å². The van der Waals surface area contributed by atoms with Crippen LogP contribution in [0.2, 0.25) is 0 Å². The van der Waals surface area contributed by atoms with E-state index >= 15 is 0 Å². The van der Waals surface area contributed by atoms with Gasteiger partial charge in [-0.3, -0.25) is 4.79 Å². The van der Waals surface area contributed by atoms with Crippen molar-refractivity contribution in [2.75, 3.05) is 26.1 Å². The number of amides is 1. The van der Waals surface area contributed by atoms with Crippen molar-refractivity contribution in [1.29, 1.82) is 0 Å². The molecule has 2 N–H and O–H groups in total. The van der Waals surface area contributed by atoms with Crippen molar-refractivity contribution in [2.24, 2.45) is 0 Å². The smallest absolute Gasteiger partial charge is 0.233 e. The average Bonchev–Trinajstić information content (AvgIpc) is 3.06. The predicted molar refractivity (Wildman–Crippen MR) is 101 cm³/mol. The fraction of sp³-hybridized carbons (Fsp3) is 0.438. The highest BCUT2D eigenvalue weighted by atomic mass is 32.2. The number of aromatic nitrogens is 2. The van der Waals surface area contributed by atoms with Crippen LogP contribution in [-0.2, 0) is 11.3 Å². The number of hydrogen-bond donors (Lipinski definition) is 2. The molecule has 0 radical (unpaired) electrons. The van der Waals surface area contributed by atoms with Crippen molar-refractivity contribution in [3.8, 4) is 11.5 Å². The van der Waals surface area contributed by atoms with E-state index in [1.165, 1.54) is 23.1 Å². The molecule has 0 aliphatic heterocycles. The van der Waals surface area contributed by atoms with Crippen LogP contribution in [0.4, 0.5) is 5.13 Å². The Bertz CT molecular complexity index is 708. The number of carbonyl (C=O) groups excluding carboxylic acids is 1. The molecule has 0 aliphatic carbocycles. The minimum absolute atomic E-state index is 0.0556. The Balaban J connectivity index is 1.88. The van der Waals surface area contributed by atoms with Gasteiger partial charge in [0, 0.05) is 13.1 Å². The van der Waals surface area contributed by atoms with Crippen molar-refractivity contribution in [2.45, 2.75) is 30.0 Å². The van der Waals surface area contributed by atoms with Crippen LogP contribution in [0, 0.1) is 0 Å². The molecule has 25 heavy (non-hydrogen) atoms. The van der Waals surface area contributed by atoms with Crippen molar-refractivity contribution in [3.63, 3.8) is 0 Å². The number of nitrogens with one attached hydrogen (secondary N) is 2. The first-order valence-electron chi connectivity index (χ1n) is 7.80. The molecule has 7 nitrogen and oxygen atoms in total. The van der Waals surface area contributed by atoms with E-state index in [1.54, 1.807) is 14.2 Å². The first-order valence-corrected chi connectivity index (χ1v) is 9.49. The second kappa shape index (κ2) is 9.47. The Morgan fingerprint density at radius 1 is 1.28 bits per heavy atom. The zero-order valence-corrected chi connectivity index (χ0v) is 16.3. The number of benzene rings is 1. The van der Waals surface area contributed by atoms with Gasteiger partial charge in [0.15, 0.2) is 15.8 Å². The number of methoxy groups -OCH3 is 2. The summed E-state index contributed by atoms with van der Waals surface area (Å²) in [5, 5.41) is 14.6. The molecule has 0 spiro atoms. The molecule has 0 saturated heterocycles. The lowest BCUT2D eigenvalue weighted by molar-refractivity contribution is -0.120. The largest absolute Gasteiger partial charge is 0.493 e.